The Kier molecular flexibility index (Phi) is 3.84. The highest BCUT2D eigenvalue weighted by atomic mass is 79.9. The van der Waals surface area contributed by atoms with Crippen LogP contribution in [0.4, 0.5) is 5.69 Å². The number of aliphatic hydroxyl groups excluding tert-OH is 1. The van der Waals surface area contributed by atoms with E-state index in [0.717, 1.165) is 33.5 Å². The van der Waals surface area contributed by atoms with E-state index >= 15 is 0 Å². The molecule has 0 fully saturated rings. The average molecular weight is 336 g/mol. The zero-order chi connectivity index (χ0) is 13.9. The van der Waals surface area contributed by atoms with Crippen LogP contribution in [-0.2, 0) is 13.0 Å². The predicted molar refractivity (Wildman–Crippen MR) is 78.5 cm³/mol. The second-order valence-corrected chi connectivity index (χ2v) is 5.59. The van der Waals surface area contributed by atoms with Crippen molar-refractivity contribution in [3.8, 4) is 5.75 Å². The number of ether oxygens (including phenoxy) is 1. The summed E-state index contributed by atoms with van der Waals surface area (Å²) in [5, 5.41) is 12.8. The molecule has 1 aliphatic rings. The zero-order valence-corrected chi connectivity index (χ0v) is 12.3. The molecule has 1 aromatic carbocycles. The number of aromatic nitrogens is 2. The Hall–Kier alpha value is -1.66. The number of hydrogen-bond acceptors (Lipinski definition) is 5. The van der Waals surface area contributed by atoms with Gasteiger partial charge in [0.15, 0.2) is 0 Å². The monoisotopic (exact) mass is 335 g/mol. The SMILES string of the molecule is OC1CCc2cc(Br)cc(OCc3cncnc3)c2N1. The van der Waals surface area contributed by atoms with E-state index in [-0.39, 0.29) is 0 Å². The van der Waals surface area contributed by atoms with Gasteiger partial charge in [-0.2, -0.15) is 0 Å². The van der Waals surface area contributed by atoms with Gasteiger partial charge in [-0.05, 0) is 30.5 Å². The van der Waals surface area contributed by atoms with Crippen molar-refractivity contribution in [1.82, 2.24) is 9.97 Å². The molecule has 6 heteroatoms. The highest BCUT2D eigenvalue weighted by molar-refractivity contribution is 9.10. The minimum atomic E-state index is -0.522. The van der Waals surface area contributed by atoms with Crippen molar-refractivity contribution < 1.29 is 9.84 Å². The van der Waals surface area contributed by atoms with Crippen LogP contribution < -0.4 is 10.1 Å². The van der Waals surface area contributed by atoms with E-state index in [2.05, 4.69) is 31.2 Å². The molecule has 1 aromatic heterocycles. The van der Waals surface area contributed by atoms with E-state index in [1.807, 2.05) is 12.1 Å². The number of halogens is 1. The van der Waals surface area contributed by atoms with Crippen LogP contribution in [0.1, 0.15) is 17.5 Å². The molecule has 0 saturated heterocycles. The van der Waals surface area contributed by atoms with Gasteiger partial charge in [0.1, 0.15) is 24.9 Å². The Morgan fingerprint density at radius 3 is 2.95 bits per heavy atom. The Balaban J connectivity index is 1.84. The van der Waals surface area contributed by atoms with Crippen LogP contribution >= 0.6 is 15.9 Å². The quantitative estimate of drug-likeness (QED) is 0.901. The summed E-state index contributed by atoms with van der Waals surface area (Å²) in [5.74, 6) is 0.719. The molecule has 0 spiro atoms. The number of benzene rings is 1. The molecule has 0 aliphatic carbocycles. The summed E-state index contributed by atoms with van der Waals surface area (Å²) in [6.07, 6.45) is 5.94. The number of rotatable bonds is 3. The number of aryl methyl sites for hydroxylation is 1. The van der Waals surface area contributed by atoms with E-state index in [0.29, 0.717) is 13.0 Å². The molecule has 1 aliphatic heterocycles. The Morgan fingerprint density at radius 1 is 1.35 bits per heavy atom. The molecule has 3 rings (SSSR count). The first-order valence-corrected chi connectivity index (χ1v) is 7.15. The number of anilines is 1. The molecular weight excluding hydrogens is 322 g/mol. The molecule has 2 N–H and O–H groups in total. The normalized spacial score (nSPS) is 17.2. The number of aliphatic hydroxyl groups is 1. The van der Waals surface area contributed by atoms with Crippen molar-refractivity contribution >= 4 is 21.6 Å². The lowest BCUT2D eigenvalue weighted by Gasteiger charge is -2.25. The summed E-state index contributed by atoms with van der Waals surface area (Å²) in [5.41, 5.74) is 2.91. The lowest BCUT2D eigenvalue weighted by atomic mass is 10.0. The van der Waals surface area contributed by atoms with Gasteiger partial charge in [-0.15, -0.1) is 0 Å². The van der Waals surface area contributed by atoms with E-state index in [1.54, 1.807) is 12.4 Å². The third-order valence-corrected chi connectivity index (χ3v) is 3.61. The highest BCUT2D eigenvalue weighted by Gasteiger charge is 2.20. The van der Waals surface area contributed by atoms with E-state index in [4.69, 9.17) is 4.74 Å². The average Bonchev–Trinajstić information content (AvgIpc) is 2.46. The second kappa shape index (κ2) is 5.76. The van der Waals surface area contributed by atoms with E-state index in [1.165, 1.54) is 6.33 Å². The van der Waals surface area contributed by atoms with Gasteiger partial charge < -0.3 is 15.2 Å². The summed E-state index contributed by atoms with van der Waals surface area (Å²) >= 11 is 3.49. The molecule has 104 valence electrons. The van der Waals surface area contributed by atoms with Gasteiger partial charge in [0, 0.05) is 22.4 Å². The first kappa shape index (κ1) is 13.3. The number of hydrogen-bond donors (Lipinski definition) is 2. The van der Waals surface area contributed by atoms with Gasteiger partial charge in [-0.3, -0.25) is 0 Å². The second-order valence-electron chi connectivity index (χ2n) is 4.67. The summed E-state index contributed by atoms with van der Waals surface area (Å²) in [6.45, 7) is 0.390. The van der Waals surface area contributed by atoms with Crippen molar-refractivity contribution in [2.45, 2.75) is 25.7 Å². The standard InChI is InChI=1S/C14H14BrN3O2/c15-11-3-10-1-2-13(19)18-14(10)12(4-11)20-7-9-5-16-8-17-6-9/h3-6,8,13,18-19H,1-2,7H2. The summed E-state index contributed by atoms with van der Waals surface area (Å²) in [7, 11) is 0. The largest absolute Gasteiger partial charge is 0.487 e. The Morgan fingerprint density at radius 2 is 2.15 bits per heavy atom. The van der Waals surface area contributed by atoms with E-state index in [9.17, 15) is 5.11 Å². The molecule has 0 amide bonds. The third-order valence-electron chi connectivity index (χ3n) is 3.16. The molecule has 1 atom stereocenters. The molecule has 0 radical (unpaired) electrons. The number of nitrogens with zero attached hydrogens (tertiary/aromatic N) is 2. The predicted octanol–water partition coefficient (Wildman–Crippen LogP) is 2.49. The van der Waals surface area contributed by atoms with Crippen LogP contribution in [0.3, 0.4) is 0 Å². The van der Waals surface area contributed by atoms with Gasteiger partial charge in [-0.25, -0.2) is 9.97 Å². The maximum Gasteiger partial charge on any atom is 0.144 e. The highest BCUT2D eigenvalue weighted by Crippen LogP contribution is 2.37. The number of nitrogens with one attached hydrogen (secondary N) is 1. The molecule has 1 unspecified atom stereocenters. The van der Waals surface area contributed by atoms with E-state index < -0.39 is 6.23 Å². The lowest BCUT2D eigenvalue weighted by Crippen LogP contribution is -2.25. The lowest BCUT2D eigenvalue weighted by molar-refractivity contribution is 0.187. The first-order chi connectivity index (χ1) is 9.72. The summed E-state index contributed by atoms with van der Waals surface area (Å²) in [6, 6.07) is 3.94. The molecule has 2 heterocycles. The van der Waals surface area contributed by atoms with Gasteiger partial charge in [-0.1, -0.05) is 15.9 Å². The molecular formula is C14H14BrN3O2. The maximum atomic E-state index is 9.74. The smallest absolute Gasteiger partial charge is 0.144 e. The van der Waals surface area contributed by atoms with Crippen LogP contribution in [0.5, 0.6) is 5.75 Å². The molecule has 20 heavy (non-hydrogen) atoms. The van der Waals surface area contributed by atoms with Crippen LogP contribution in [-0.4, -0.2) is 21.3 Å². The molecule has 2 aromatic rings. The van der Waals surface area contributed by atoms with Crippen LogP contribution in [0.15, 0.2) is 35.3 Å². The Labute approximate surface area is 125 Å². The van der Waals surface area contributed by atoms with Gasteiger partial charge in [0.05, 0.1) is 5.69 Å². The summed E-state index contributed by atoms with van der Waals surface area (Å²) < 4.78 is 6.80. The van der Waals surface area contributed by atoms with Crippen molar-refractivity contribution in [3.63, 3.8) is 0 Å². The van der Waals surface area contributed by atoms with Gasteiger partial charge >= 0.3 is 0 Å². The van der Waals surface area contributed by atoms with Crippen LogP contribution in [0.25, 0.3) is 0 Å². The third kappa shape index (κ3) is 2.91. The molecule has 5 nitrogen and oxygen atoms in total. The van der Waals surface area contributed by atoms with Gasteiger partial charge in [0.2, 0.25) is 0 Å². The molecule has 0 bridgehead atoms. The summed E-state index contributed by atoms with van der Waals surface area (Å²) in [4.78, 5) is 7.92. The van der Waals surface area contributed by atoms with Crippen LogP contribution in [0, 0.1) is 0 Å². The fourth-order valence-electron chi connectivity index (χ4n) is 2.21. The zero-order valence-electron chi connectivity index (χ0n) is 10.7. The first-order valence-electron chi connectivity index (χ1n) is 6.36. The molecule has 0 saturated carbocycles. The van der Waals surface area contributed by atoms with Crippen LogP contribution in [0.2, 0.25) is 0 Å². The fraction of sp³-hybridized carbons (Fsp3) is 0.286. The number of fused-ring (bicyclic) bond motifs is 1. The topological polar surface area (TPSA) is 67.3 Å². The van der Waals surface area contributed by atoms with Gasteiger partial charge in [0.25, 0.3) is 0 Å². The fourth-order valence-corrected chi connectivity index (χ4v) is 2.69. The minimum absolute atomic E-state index is 0.390. The van der Waals surface area contributed by atoms with Crippen molar-refractivity contribution in [2.75, 3.05) is 5.32 Å². The van der Waals surface area contributed by atoms with Crippen molar-refractivity contribution in [3.05, 3.63) is 46.5 Å². The van der Waals surface area contributed by atoms with Crippen molar-refractivity contribution in [1.29, 1.82) is 0 Å². The maximum absolute atomic E-state index is 9.74. The minimum Gasteiger partial charge on any atom is -0.487 e. The Bertz CT molecular complexity index is 607. The van der Waals surface area contributed by atoms with Crippen molar-refractivity contribution in [2.24, 2.45) is 0 Å².